The lowest BCUT2D eigenvalue weighted by Crippen LogP contribution is -2.17. The third-order valence-corrected chi connectivity index (χ3v) is 2.94. The molecule has 1 aromatic rings. The normalized spacial score (nSPS) is 13.0. The number of aliphatic hydroxyl groups is 1. The van der Waals surface area contributed by atoms with E-state index in [0.717, 1.165) is 43.7 Å². The summed E-state index contributed by atoms with van der Waals surface area (Å²) < 4.78 is 0. The van der Waals surface area contributed by atoms with Gasteiger partial charge < -0.3 is 10.4 Å². The van der Waals surface area contributed by atoms with E-state index in [4.69, 9.17) is 0 Å². The maximum atomic E-state index is 9.39. The molecule has 0 spiro atoms. The molecule has 0 amide bonds. The predicted octanol–water partition coefficient (Wildman–Crippen LogP) is 1.67. The summed E-state index contributed by atoms with van der Waals surface area (Å²) in [5, 5.41) is 19.9. The average molecular weight is 225 g/mol. The van der Waals surface area contributed by atoms with Crippen molar-refractivity contribution in [3.8, 4) is 0 Å². The number of rotatable bonds is 7. The first-order valence-corrected chi connectivity index (χ1v) is 6.04. The Hall–Kier alpha value is -0.870. The number of aromatic nitrogens is 2. The van der Waals surface area contributed by atoms with E-state index in [-0.39, 0.29) is 6.10 Å². The van der Waals surface area contributed by atoms with Crippen molar-refractivity contribution in [3.63, 3.8) is 0 Å². The van der Waals surface area contributed by atoms with E-state index in [1.54, 1.807) is 0 Å². The van der Waals surface area contributed by atoms with Crippen LogP contribution in [0.4, 0.5) is 0 Å². The molecule has 0 radical (unpaired) electrons. The van der Waals surface area contributed by atoms with Gasteiger partial charge in [-0.15, -0.1) is 0 Å². The van der Waals surface area contributed by atoms with E-state index in [2.05, 4.69) is 15.5 Å². The smallest absolute Gasteiger partial charge is 0.0638 e. The zero-order chi connectivity index (χ0) is 12.0. The minimum Gasteiger partial charge on any atom is -0.393 e. The second kappa shape index (κ2) is 6.66. The minimum absolute atomic E-state index is 0.140. The molecule has 16 heavy (non-hydrogen) atoms. The Morgan fingerprint density at radius 3 is 2.75 bits per heavy atom. The van der Waals surface area contributed by atoms with E-state index in [1.807, 2.05) is 20.8 Å². The Balaban J connectivity index is 2.16. The average Bonchev–Trinajstić information content (AvgIpc) is 2.59. The molecular formula is C12H23N3O. The summed E-state index contributed by atoms with van der Waals surface area (Å²) in [5.74, 6) is 0. The molecule has 1 unspecified atom stereocenters. The molecule has 3 N–H and O–H groups in total. The zero-order valence-corrected chi connectivity index (χ0v) is 10.5. The first-order valence-electron chi connectivity index (χ1n) is 6.04. The fourth-order valence-corrected chi connectivity index (χ4v) is 1.71. The van der Waals surface area contributed by atoms with Crippen LogP contribution in [0.25, 0.3) is 0 Å². The third-order valence-electron chi connectivity index (χ3n) is 2.94. The van der Waals surface area contributed by atoms with E-state index in [1.165, 1.54) is 5.56 Å². The van der Waals surface area contributed by atoms with Gasteiger partial charge in [-0.3, -0.25) is 5.10 Å². The van der Waals surface area contributed by atoms with Gasteiger partial charge in [0, 0.05) is 17.8 Å². The van der Waals surface area contributed by atoms with Gasteiger partial charge in [-0.1, -0.05) is 6.92 Å². The molecule has 4 heteroatoms. The Labute approximate surface area is 97.5 Å². The van der Waals surface area contributed by atoms with Gasteiger partial charge in [-0.25, -0.2) is 0 Å². The van der Waals surface area contributed by atoms with Crippen molar-refractivity contribution in [3.05, 3.63) is 17.0 Å². The lowest BCUT2D eigenvalue weighted by Gasteiger charge is -2.08. The van der Waals surface area contributed by atoms with E-state index < -0.39 is 0 Å². The lowest BCUT2D eigenvalue weighted by molar-refractivity contribution is 0.157. The molecule has 1 heterocycles. The van der Waals surface area contributed by atoms with Gasteiger partial charge in [-0.2, -0.15) is 5.10 Å². The summed E-state index contributed by atoms with van der Waals surface area (Å²) in [7, 11) is 0. The molecule has 0 aliphatic rings. The number of aryl methyl sites for hydroxylation is 2. The molecular weight excluding hydrogens is 202 g/mol. The van der Waals surface area contributed by atoms with Crippen LogP contribution in [0.1, 0.15) is 43.1 Å². The maximum absolute atomic E-state index is 9.39. The Bertz CT molecular complexity index is 290. The van der Waals surface area contributed by atoms with Crippen LogP contribution in [0.15, 0.2) is 0 Å². The molecule has 0 fully saturated rings. The van der Waals surface area contributed by atoms with Crippen molar-refractivity contribution in [2.45, 2.75) is 52.7 Å². The van der Waals surface area contributed by atoms with Crippen LogP contribution in [0, 0.1) is 13.8 Å². The monoisotopic (exact) mass is 225 g/mol. The van der Waals surface area contributed by atoms with Gasteiger partial charge in [0.25, 0.3) is 0 Å². The Morgan fingerprint density at radius 2 is 2.19 bits per heavy atom. The van der Waals surface area contributed by atoms with Gasteiger partial charge >= 0.3 is 0 Å². The summed E-state index contributed by atoms with van der Waals surface area (Å²) in [6.45, 7) is 7.87. The number of hydrogen-bond donors (Lipinski definition) is 3. The molecule has 1 rings (SSSR count). The zero-order valence-electron chi connectivity index (χ0n) is 10.5. The van der Waals surface area contributed by atoms with E-state index in [0.29, 0.717) is 0 Å². The third kappa shape index (κ3) is 3.94. The molecule has 0 aliphatic heterocycles. The number of nitrogens with zero attached hydrogens (tertiary/aromatic N) is 1. The Kier molecular flexibility index (Phi) is 5.49. The minimum atomic E-state index is -0.140. The highest BCUT2D eigenvalue weighted by atomic mass is 16.3. The molecule has 0 bridgehead atoms. The maximum Gasteiger partial charge on any atom is 0.0638 e. The van der Waals surface area contributed by atoms with Gasteiger partial charge in [0.2, 0.25) is 0 Å². The first kappa shape index (κ1) is 13.2. The molecule has 0 aliphatic carbocycles. The summed E-state index contributed by atoms with van der Waals surface area (Å²) >= 11 is 0. The highest BCUT2D eigenvalue weighted by Gasteiger charge is 2.05. The summed E-state index contributed by atoms with van der Waals surface area (Å²) in [6.07, 6.45) is 2.61. The van der Waals surface area contributed by atoms with Gasteiger partial charge in [0.05, 0.1) is 11.8 Å². The van der Waals surface area contributed by atoms with Crippen molar-refractivity contribution in [2.75, 3.05) is 6.54 Å². The van der Waals surface area contributed by atoms with E-state index >= 15 is 0 Å². The first-order chi connectivity index (χ1) is 7.65. The number of aliphatic hydroxyl groups excluding tert-OH is 1. The van der Waals surface area contributed by atoms with Crippen molar-refractivity contribution in [1.29, 1.82) is 0 Å². The van der Waals surface area contributed by atoms with Crippen LogP contribution >= 0.6 is 0 Å². The lowest BCUT2D eigenvalue weighted by atomic mass is 10.1. The second-order valence-electron chi connectivity index (χ2n) is 4.29. The van der Waals surface area contributed by atoms with Crippen LogP contribution in [0.2, 0.25) is 0 Å². The Morgan fingerprint density at radius 1 is 1.44 bits per heavy atom. The molecule has 0 aromatic carbocycles. The standard InChI is InChI=1S/C12H23N3O/c1-4-11(16)6-5-7-13-8-12-9(2)14-15-10(12)3/h11,13,16H,4-8H2,1-3H3,(H,14,15). The van der Waals surface area contributed by atoms with Gasteiger partial charge in [-0.05, 0) is 39.7 Å². The van der Waals surface area contributed by atoms with Crippen LogP contribution in [0.5, 0.6) is 0 Å². The van der Waals surface area contributed by atoms with Crippen molar-refractivity contribution < 1.29 is 5.11 Å². The summed E-state index contributed by atoms with van der Waals surface area (Å²) in [6, 6.07) is 0. The van der Waals surface area contributed by atoms with Crippen LogP contribution in [-0.2, 0) is 6.54 Å². The molecule has 1 atom stereocenters. The van der Waals surface area contributed by atoms with Crippen LogP contribution in [0.3, 0.4) is 0 Å². The fourth-order valence-electron chi connectivity index (χ4n) is 1.71. The van der Waals surface area contributed by atoms with Crippen molar-refractivity contribution in [1.82, 2.24) is 15.5 Å². The second-order valence-corrected chi connectivity index (χ2v) is 4.29. The number of hydrogen-bond acceptors (Lipinski definition) is 3. The van der Waals surface area contributed by atoms with Gasteiger partial charge in [0.1, 0.15) is 0 Å². The molecule has 4 nitrogen and oxygen atoms in total. The highest BCUT2D eigenvalue weighted by molar-refractivity contribution is 5.22. The molecule has 92 valence electrons. The molecule has 0 saturated heterocycles. The number of nitrogens with one attached hydrogen (secondary N) is 2. The SMILES string of the molecule is CCC(O)CCCNCc1c(C)n[nH]c1C. The van der Waals surface area contributed by atoms with Crippen molar-refractivity contribution in [2.24, 2.45) is 0 Å². The van der Waals surface area contributed by atoms with Crippen molar-refractivity contribution >= 4 is 0 Å². The largest absolute Gasteiger partial charge is 0.393 e. The molecule has 1 aromatic heterocycles. The topological polar surface area (TPSA) is 60.9 Å². The number of aromatic amines is 1. The van der Waals surface area contributed by atoms with Crippen LogP contribution in [-0.4, -0.2) is 28.0 Å². The highest BCUT2D eigenvalue weighted by Crippen LogP contribution is 2.08. The number of H-pyrrole nitrogens is 1. The van der Waals surface area contributed by atoms with E-state index in [9.17, 15) is 5.11 Å². The van der Waals surface area contributed by atoms with Crippen LogP contribution < -0.4 is 5.32 Å². The summed E-state index contributed by atoms with van der Waals surface area (Å²) in [4.78, 5) is 0. The van der Waals surface area contributed by atoms with Gasteiger partial charge in [0.15, 0.2) is 0 Å². The summed E-state index contributed by atoms with van der Waals surface area (Å²) in [5.41, 5.74) is 3.47. The predicted molar refractivity (Wildman–Crippen MR) is 65.3 cm³/mol. The molecule has 0 saturated carbocycles. The fraction of sp³-hybridized carbons (Fsp3) is 0.750. The quantitative estimate of drug-likeness (QED) is 0.619.